The van der Waals surface area contributed by atoms with Gasteiger partial charge in [0.15, 0.2) is 17.3 Å². The predicted octanol–water partition coefficient (Wildman–Crippen LogP) is 3.26. The van der Waals surface area contributed by atoms with Gasteiger partial charge in [0.1, 0.15) is 5.15 Å². The number of halogens is 1. The molecule has 0 unspecified atom stereocenters. The molecule has 2 amide bonds. The van der Waals surface area contributed by atoms with E-state index in [4.69, 9.17) is 11.6 Å². The minimum absolute atomic E-state index is 0.189. The monoisotopic (exact) mass is 440 g/mol. The van der Waals surface area contributed by atoms with Crippen LogP contribution in [0.15, 0.2) is 48.7 Å². The zero-order valence-corrected chi connectivity index (χ0v) is 17.3. The van der Waals surface area contributed by atoms with E-state index in [1.54, 1.807) is 23.2 Å². The van der Waals surface area contributed by atoms with Gasteiger partial charge in [-0.1, -0.05) is 41.9 Å². The summed E-state index contributed by atoms with van der Waals surface area (Å²) in [6.07, 6.45) is 1.64. The average molecular weight is 441 g/mol. The molecular weight excluding hydrogens is 424 g/mol. The fraction of sp³-hybridized carbons (Fsp3) is 0.211. The van der Waals surface area contributed by atoms with E-state index >= 15 is 0 Å². The second-order valence-electron chi connectivity index (χ2n) is 6.76. The van der Waals surface area contributed by atoms with Gasteiger partial charge in [-0.05, 0) is 12.1 Å². The van der Waals surface area contributed by atoms with E-state index in [2.05, 4.69) is 29.7 Å². The molecular formula is C19H17ClN8OS. The Morgan fingerprint density at radius 1 is 1.03 bits per heavy atom. The smallest absolute Gasteiger partial charge is 0.323 e. The van der Waals surface area contributed by atoms with Crippen molar-refractivity contribution < 1.29 is 4.79 Å². The number of nitrogens with zero attached hydrogens (tertiary/aromatic N) is 7. The topological polar surface area (TPSA) is 91.6 Å². The fourth-order valence-electron chi connectivity index (χ4n) is 3.26. The van der Waals surface area contributed by atoms with Crippen LogP contribution >= 0.6 is 23.1 Å². The Morgan fingerprint density at radius 3 is 2.63 bits per heavy atom. The van der Waals surface area contributed by atoms with Crippen LogP contribution in [0.5, 0.6) is 0 Å². The molecule has 1 aliphatic heterocycles. The molecule has 0 spiro atoms. The Balaban J connectivity index is 1.20. The minimum Gasteiger partial charge on any atom is -0.343 e. The maximum Gasteiger partial charge on any atom is 0.323 e. The molecule has 30 heavy (non-hydrogen) atoms. The summed E-state index contributed by atoms with van der Waals surface area (Å²) in [5.41, 5.74) is 1.62. The van der Waals surface area contributed by atoms with Crippen molar-refractivity contribution in [3.8, 4) is 11.4 Å². The van der Waals surface area contributed by atoms with Crippen LogP contribution in [0.4, 0.5) is 15.7 Å². The van der Waals surface area contributed by atoms with Gasteiger partial charge in [-0.25, -0.2) is 14.3 Å². The number of hydrogen-bond acceptors (Lipinski definition) is 7. The average Bonchev–Trinajstić information content (AvgIpc) is 3.41. The lowest BCUT2D eigenvalue weighted by Gasteiger charge is -2.34. The van der Waals surface area contributed by atoms with Crippen LogP contribution in [0.2, 0.25) is 5.15 Å². The van der Waals surface area contributed by atoms with Gasteiger partial charge in [-0.3, -0.25) is 5.32 Å². The molecule has 1 saturated heterocycles. The van der Waals surface area contributed by atoms with Crippen LogP contribution in [0.3, 0.4) is 0 Å². The molecule has 4 heterocycles. The number of hydrogen-bond donors (Lipinski definition) is 1. The van der Waals surface area contributed by atoms with Gasteiger partial charge in [0.2, 0.25) is 5.13 Å². The van der Waals surface area contributed by atoms with Crippen molar-refractivity contribution in [2.45, 2.75) is 0 Å². The lowest BCUT2D eigenvalue weighted by atomic mass is 10.2. The van der Waals surface area contributed by atoms with E-state index in [-0.39, 0.29) is 6.03 Å². The van der Waals surface area contributed by atoms with E-state index in [0.29, 0.717) is 42.8 Å². The largest absolute Gasteiger partial charge is 0.343 e. The quantitative estimate of drug-likeness (QED) is 0.525. The fourth-order valence-corrected chi connectivity index (χ4v) is 4.14. The summed E-state index contributed by atoms with van der Waals surface area (Å²) in [6.45, 7) is 2.56. The first-order valence-corrected chi connectivity index (χ1v) is 10.5. The highest BCUT2D eigenvalue weighted by molar-refractivity contribution is 7.09. The molecule has 11 heteroatoms. The standard InChI is InChI=1S/C19H17ClN8OS/c20-14-6-7-16-21-15(12-28(16)24-14)22-18(29)26-8-10-27(11-9-26)19-23-17(25-30-19)13-4-2-1-3-5-13/h1-7,12H,8-11H2,(H,22,29). The van der Waals surface area contributed by atoms with Gasteiger partial charge in [-0.15, -0.1) is 0 Å². The maximum absolute atomic E-state index is 12.6. The molecule has 1 N–H and O–H groups in total. The molecule has 9 nitrogen and oxygen atoms in total. The first-order chi connectivity index (χ1) is 14.7. The number of benzene rings is 1. The Morgan fingerprint density at radius 2 is 1.83 bits per heavy atom. The number of nitrogens with one attached hydrogen (secondary N) is 1. The van der Waals surface area contributed by atoms with Gasteiger partial charge in [0.05, 0.1) is 6.20 Å². The predicted molar refractivity (Wildman–Crippen MR) is 116 cm³/mol. The summed E-state index contributed by atoms with van der Waals surface area (Å²) in [4.78, 5) is 25.5. The maximum atomic E-state index is 12.6. The molecule has 0 bridgehead atoms. The van der Waals surface area contributed by atoms with Crippen LogP contribution in [0.25, 0.3) is 17.0 Å². The van der Waals surface area contributed by atoms with Gasteiger partial charge in [0, 0.05) is 43.3 Å². The summed E-state index contributed by atoms with van der Waals surface area (Å²) in [6, 6.07) is 13.1. The van der Waals surface area contributed by atoms with E-state index in [9.17, 15) is 4.79 Å². The molecule has 3 aromatic heterocycles. The van der Waals surface area contributed by atoms with E-state index < -0.39 is 0 Å². The molecule has 152 valence electrons. The van der Waals surface area contributed by atoms with Crippen LogP contribution < -0.4 is 10.2 Å². The highest BCUT2D eigenvalue weighted by Gasteiger charge is 2.24. The van der Waals surface area contributed by atoms with Crippen LogP contribution in [-0.2, 0) is 0 Å². The molecule has 0 saturated carbocycles. The van der Waals surface area contributed by atoms with Crippen molar-refractivity contribution in [1.29, 1.82) is 0 Å². The molecule has 1 aliphatic rings. The minimum atomic E-state index is -0.189. The molecule has 1 fully saturated rings. The summed E-state index contributed by atoms with van der Waals surface area (Å²) in [7, 11) is 0. The van der Waals surface area contributed by atoms with Crippen LogP contribution in [0, 0.1) is 0 Å². The molecule has 1 aromatic carbocycles. The van der Waals surface area contributed by atoms with Crippen molar-refractivity contribution in [3.05, 3.63) is 53.8 Å². The lowest BCUT2D eigenvalue weighted by Crippen LogP contribution is -2.50. The first-order valence-electron chi connectivity index (χ1n) is 9.38. The van der Waals surface area contributed by atoms with Gasteiger partial charge < -0.3 is 9.80 Å². The van der Waals surface area contributed by atoms with Gasteiger partial charge >= 0.3 is 6.03 Å². The number of carbonyl (C=O) groups excluding carboxylic acids is 1. The molecule has 0 radical (unpaired) electrons. The van der Waals surface area contributed by atoms with Crippen LogP contribution in [-0.4, -0.2) is 61.1 Å². The summed E-state index contributed by atoms with van der Waals surface area (Å²) in [5.74, 6) is 1.17. The Hall–Kier alpha value is -3.24. The SMILES string of the molecule is O=C(Nc1cn2nc(Cl)ccc2n1)N1CCN(c2nc(-c3ccccc3)ns2)CC1. The third-order valence-electron chi connectivity index (χ3n) is 4.81. The zero-order valence-electron chi connectivity index (χ0n) is 15.8. The van der Waals surface area contributed by atoms with Crippen LogP contribution in [0.1, 0.15) is 0 Å². The summed E-state index contributed by atoms with van der Waals surface area (Å²) >= 11 is 7.27. The third-order valence-corrected chi connectivity index (χ3v) is 5.79. The van der Waals surface area contributed by atoms with Crippen molar-refractivity contribution in [1.82, 2.24) is 28.9 Å². The van der Waals surface area contributed by atoms with E-state index in [0.717, 1.165) is 16.5 Å². The highest BCUT2D eigenvalue weighted by Crippen LogP contribution is 2.24. The Kier molecular flexibility index (Phi) is 4.93. The Bertz CT molecular complexity index is 1190. The number of urea groups is 1. The van der Waals surface area contributed by atoms with Crippen molar-refractivity contribution in [2.24, 2.45) is 0 Å². The third kappa shape index (κ3) is 3.79. The number of anilines is 2. The Labute approximate surface area is 181 Å². The number of fused-ring (bicyclic) bond motifs is 1. The number of piperazine rings is 1. The molecule has 4 aromatic rings. The van der Waals surface area contributed by atoms with E-state index in [1.807, 2.05) is 30.3 Å². The zero-order chi connectivity index (χ0) is 20.5. The normalized spacial score (nSPS) is 14.3. The first kappa shape index (κ1) is 18.8. The van der Waals surface area contributed by atoms with Gasteiger partial charge in [0.25, 0.3) is 0 Å². The summed E-state index contributed by atoms with van der Waals surface area (Å²) < 4.78 is 6.01. The number of rotatable bonds is 3. The number of amides is 2. The summed E-state index contributed by atoms with van der Waals surface area (Å²) in [5, 5.41) is 8.18. The molecule has 0 aliphatic carbocycles. The van der Waals surface area contributed by atoms with Crippen molar-refractivity contribution >= 4 is 45.8 Å². The number of imidazole rings is 1. The number of carbonyl (C=O) groups is 1. The molecule has 5 rings (SSSR count). The second-order valence-corrected chi connectivity index (χ2v) is 7.87. The van der Waals surface area contributed by atoms with Crippen molar-refractivity contribution in [2.75, 3.05) is 36.4 Å². The van der Waals surface area contributed by atoms with Crippen molar-refractivity contribution in [3.63, 3.8) is 0 Å². The highest BCUT2D eigenvalue weighted by atomic mass is 35.5. The van der Waals surface area contributed by atoms with Gasteiger partial charge in [-0.2, -0.15) is 14.5 Å². The van der Waals surface area contributed by atoms with E-state index in [1.165, 1.54) is 16.0 Å². The number of aromatic nitrogens is 5. The molecule has 0 atom stereocenters. The lowest BCUT2D eigenvalue weighted by molar-refractivity contribution is 0.208. The second kappa shape index (κ2) is 7.88.